The topological polar surface area (TPSA) is 98.9 Å². The fourth-order valence-electron chi connectivity index (χ4n) is 3.32. The molecule has 0 fully saturated rings. The third kappa shape index (κ3) is 3.99. The SMILES string of the molecule is CCCCCc1ccc(C(=S)c2cccc3c2OC(N)(c2nn[nH]n2)CO3)cc1. The van der Waals surface area contributed by atoms with Crippen LogP contribution in [0.2, 0.25) is 0 Å². The van der Waals surface area contributed by atoms with E-state index >= 15 is 0 Å². The molecule has 0 amide bonds. The van der Waals surface area contributed by atoms with Crippen LogP contribution >= 0.6 is 12.2 Å². The van der Waals surface area contributed by atoms with Gasteiger partial charge in [-0.25, -0.2) is 0 Å². The highest BCUT2D eigenvalue weighted by atomic mass is 32.1. The van der Waals surface area contributed by atoms with E-state index in [9.17, 15) is 0 Å². The molecule has 2 aromatic carbocycles. The minimum atomic E-state index is -1.34. The molecule has 1 unspecified atom stereocenters. The zero-order valence-corrected chi connectivity index (χ0v) is 17.0. The van der Waals surface area contributed by atoms with E-state index in [1.165, 1.54) is 24.8 Å². The Morgan fingerprint density at radius 3 is 2.76 bits per heavy atom. The summed E-state index contributed by atoms with van der Waals surface area (Å²) in [6.07, 6.45) is 4.75. The monoisotopic (exact) mass is 409 g/mol. The van der Waals surface area contributed by atoms with Gasteiger partial charge < -0.3 is 9.47 Å². The zero-order chi connectivity index (χ0) is 20.3. The first-order chi connectivity index (χ1) is 14.1. The van der Waals surface area contributed by atoms with Crippen molar-refractivity contribution in [2.24, 2.45) is 5.73 Å². The van der Waals surface area contributed by atoms with Gasteiger partial charge in [-0.2, -0.15) is 5.21 Å². The summed E-state index contributed by atoms with van der Waals surface area (Å²) in [7, 11) is 0. The molecule has 0 radical (unpaired) electrons. The lowest BCUT2D eigenvalue weighted by Gasteiger charge is -2.33. The van der Waals surface area contributed by atoms with Gasteiger partial charge in [-0.05, 0) is 41.3 Å². The van der Waals surface area contributed by atoms with Crippen LogP contribution in [0.3, 0.4) is 0 Å². The molecule has 0 aliphatic carbocycles. The number of unbranched alkanes of at least 4 members (excludes halogenated alkanes) is 2. The van der Waals surface area contributed by atoms with Crippen molar-refractivity contribution in [2.45, 2.75) is 38.3 Å². The summed E-state index contributed by atoms with van der Waals surface area (Å²) in [6.45, 7) is 2.28. The van der Waals surface area contributed by atoms with E-state index in [4.69, 9.17) is 27.4 Å². The van der Waals surface area contributed by atoms with Gasteiger partial charge in [0.05, 0.1) is 4.86 Å². The van der Waals surface area contributed by atoms with E-state index in [1.54, 1.807) is 0 Å². The second-order valence-corrected chi connectivity index (χ2v) is 7.54. The number of aromatic amines is 1. The third-order valence-corrected chi connectivity index (χ3v) is 5.41. The molecule has 0 spiro atoms. The second-order valence-electron chi connectivity index (χ2n) is 7.13. The molecule has 1 aromatic heterocycles. The van der Waals surface area contributed by atoms with E-state index < -0.39 is 5.72 Å². The van der Waals surface area contributed by atoms with Crippen LogP contribution in [0.4, 0.5) is 0 Å². The van der Waals surface area contributed by atoms with Crippen LogP contribution < -0.4 is 15.2 Å². The maximum atomic E-state index is 6.35. The molecule has 0 bridgehead atoms. The fraction of sp³-hybridized carbons (Fsp3) is 0.333. The van der Waals surface area contributed by atoms with Crippen molar-refractivity contribution in [1.29, 1.82) is 0 Å². The summed E-state index contributed by atoms with van der Waals surface area (Å²) in [4.78, 5) is 0.669. The Kier molecular flexibility index (Phi) is 5.55. The van der Waals surface area contributed by atoms with Crippen LogP contribution in [0.25, 0.3) is 0 Å². The highest BCUT2D eigenvalue weighted by Gasteiger charge is 2.41. The fourth-order valence-corrected chi connectivity index (χ4v) is 3.62. The summed E-state index contributed by atoms with van der Waals surface area (Å²) < 4.78 is 11.9. The predicted molar refractivity (Wildman–Crippen MR) is 113 cm³/mol. The normalized spacial score (nSPS) is 17.9. The molecule has 1 aliphatic rings. The van der Waals surface area contributed by atoms with Crippen molar-refractivity contribution >= 4 is 17.1 Å². The van der Waals surface area contributed by atoms with Gasteiger partial charge in [0.2, 0.25) is 5.82 Å². The van der Waals surface area contributed by atoms with Crippen LogP contribution in [-0.4, -0.2) is 32.1 Å². The summed E-state index contributed by atoms with van der Waals surface area (Å²) in [5.74, 6) is 1.30. The number of hydrogen-bond donors (Lipinski definition) is 2. The number of aromatic nitrogens is 4. The quantitative estimate of drug-likeness (QED) is 0.351. The van der Waals surface area contributed by atoms with Crippen LogP contribution in [-0.2, 0) is 12.1 Å². The van der Waals surface area contributed by atoms with Crippen LogP contribution in [0.15, 0.2) is 42.5 Å². The minimum absolute atomic E-state index is 0.0716. The van der Waals surface area contributed by atoms with Gasteiger partial charge in [0.15, 0.2) is 11.5 Å². The zero-order valence-electron chi connectivity index (χ0n) is 16.2. The number of aryl methyl sites for hydroxylation is 1. The Labute approximate surface area is 174 Å². The van der Waals surface area contributed by atoms with Crippen molar-refractivity contribution in [3.63, 3.8) is 0 Å². The van der Waals surface area contributed by atoms with Crippen molar-refractivity contribution in [2.75, 3.05) is 6.61 Å². The highest BCUT2D eigenvalue weighted by Crippen LogP contribution is 2.40. The number of para-hydroxylation sites is 1. The number of H-pyrrole nitrogens is 1. The van der Waals surface area contributed by atoms with Crippen molar-refractivity contribution < 1.29 is 9.47 Å². The largest absolute Gasteiger partial charge is 0.483 e. The van der Waals surface area contributed by atoms with Gasteiger partial charge in [0, 0.05) is 5.56 Å². The summed E-state index contributed by atoms with van der Waals surface area (Å²) in [5, 5.41) is 13.8. The maximum Gasteiger partial charge on any atom is 0.257 e. The summed E-state index contributed by atoms with van der Waals surface area (Å²) in [6, 6.07) is 14.0. The number of benzene rings is 2. The van der Waals surface area contributed by atoms with Crippen molar-refractivity contribution in [1.82, 2.24) is 20.6 Å². The Morgan fingerprint density at radius 1 is 1.21 bits per heavy atom. The molecule has 3 aromatic rings. The Morgan fingerprint density at radius 2 is 2.03 bits per heavy atom. The molecule has 29 heavy (non-hydrogen) atoms. The molecule has 1 aliphatic heterocycles. The minimum Gasteiger partial charge on any atom is -0.483 e. The number of thiocarbonyl (C=S) groups is 1. The lowest BCUT2D eigenvalue weighted by Crippen LogP contribution is -2.51. The second kappa shape index (κ2) is 8.26. The number of fused-ring (bicyclic) bond motifs is 1. The number of rotatable bonds is 7. The molecule has 2 heterocycles. The Balaban J connectivity index is 1.59. The smallest absolute Gasteiger partial charge is 0.257 e. The molecule has 3 N–H and O–H groups in total. The van der Waals surface area contributed by atoms with Gasteiger partial charge in [0.25, 0.3) is 5.72 Å². The Bertz CT molecular complexity index is 991. The first-order valence-corrected chi connectivity index (χ1v) is 10.1. The third-order valence-electron chi connectivity index (χ3n) is 4.96. The van der Waals surface area contributed by atoms with E-state index in [2.05, 4.69) is 51.8 Å². The molecule has 150 valence electrons. The number of nitrogens with zero attached hydrogens (tertiary/aromatic N) is 3. The van der Waals surface area contributed by atoms with E-state index in [1.807, 2.05) is 18.2 Å². The van der Waals surface area contributed by atoms with Crippen molar-refractivity contribution in [3.05, 3.63) is 65.0 Å². The van der Waals surface area contributed by atoms with Gasteiger partial charge in [0.1, 0.15) is 6.61 Å². The molecular formula is C21H23N5O2S. The van der Waals surface area contributed by atoms with Crippen LogP contribution in [0.1, 0.15) is 48.7 Å². The standard InChI is InChI=1S/C21H23N5O2S/c1-2-3-4-6-14-9-11-15(12-10-14)19(29)16-7-5-8-17-18(16)28-21(22,13-27-17)20-23-25-26-24-20/h5,7-12H,2-4,6,13,22H2,1H3,(H,23,24,25,26). The highest BCUT2D eigenvalue weighted by molar-refractivity contribution is 7.81. The molecule has 7 nitrogen and oxygen atoms in total. The van der Waals surface area contributed by atoms with Gasteiger partial charge in [-0.1, -0.05) is 62.3 Å². The number of ether oxygens (including phenoxy) is 2. The lowest BCUT2D eigenvalue weighted by molar-refractivity contribution is -0.0149. The average molecular weight is 410 g/mol. The molecular weight excluding hydrogens is 386 g/mol. The first kappa shape index (κ1) is 19.5. The number of nitrogens with two attached hydrogens (primary N) is 1. The van der Waals surface area contributed by atoms with Gasteiger partial charge in [-0.15, -0.1) is 10.2 Å². The maximum absolute atomic E-state index is 6.35. The van der Waals surface area contributed by atoms with E-state index in [0.717, 1.165) is 17.5 Å². The molecule has 0 saturated carbocycles. The summed E-state index contributed by atoms with van der Waals surface area (Å²) in [5.41, 5.74) is 8.02. The molecule has 8 heteroatoms. The predicted octanol–water partition coefficient (Wildman–Crippen LogP) is 3.28. The van der Waals surface area contributed by atoms with Crippen LogP contribution in [0, 0.1) is 0 Å². The first-order valence-electron chi connectivity index (χ1n) is 9.72. The van der Waals surface area contributed by atoms with Gasteiger partial charge >= 0.3 is 0 Å². The van der Waals surface area contributed by atoms with E-state index in [-0.39, 0.29) is 12.4 Å². The van der Waals surface area contributed by atoms with E-state index in [0.29, 0.717) is 16.4 Å². The Hall–Kier alpha value is -2.84. The number of tetrazole rings is 1. The number of hydrogen-bond acceptors (Lipinski definition) is 7. The average Bonchev–Trinajstić information content (AvgIpc) is 3.29. The van der Waals surface area contributed by atoms with Gasteiger partial charge in [-0.3, -0.25) is 5.73 Å². The van der Waals surface area contributed by atoms with Crippen LogP contribution in [0.5, 0.6) is 11.5 Å². The lowest BCUT2D eigenvalue weighted by atomic mass is 9.99. The number of nitrogens with one attached hydrogen (secondary N) is 1. The van der Waals surface area contributed by atoms with Crippen molar-refractivity contribution in [3.8, 4) is 11.5 Å². The molecule has 1 atom stereocenters. The molecule has 0 saturated heterocycles. The summed E-state index contributed by atoms with van der Waals surface area (Å²) >= 11 is 5.77. The molecule has 4 rings (SSSR count).